The molecule has 4 nitrogen and oxygen atoms in total. The summed E-state index contributed by atoms with van der Waals surface area (Å²) in [7, 11) is 0. The summed E-state index contributed by atoms with van der Waals surface area (Å²) in [5.41, 5.74) is 0. The molecule has 1 radical (unpaired) electrons. The van der Waals surface area contributed by atoms with Crippen LogP contribution in [-0.4, -0.2) is 37.7 Å². The standard InChI is InChI=1S/C5H7FIO4/c6-4-2(9)1(8)3(11-4)5(7)10/h1-3,5,8-10H/t1-,2+,3-,5?/m0/s1. The maximum absolute atomic E-state index is 12.3. The molecule has 1 fully saturated rings. The van der Waals surface area contributed by atoms with Gasteiger partial charge in [-0.15, -0.1) is 0 Å². The summed E-state index contributed by atoms with van der Waals surface area (Å²) in [6.45, 7) is 0. The molecule has 0 aromatic rings. The first-order chi connectivity index (χ1) is 5.04. The third kappa shape index (κ3) is 1.81. The monoisotopic (exact) mass is 277 g/mol. The molecule has 6 heteroatoms. The lowest BCUT2D eigenvalue weighted by atomic mass is 10.1. The second-order valence-electron chi connectivity index (χ2n) is 2.19. The van der Waals surface area contributed by atoms with Crippen LogP contribution in [0.4, 0.5) is 4.39 Å². The van der Waals surface area contributed by atoms with Gasteiger partial charge < -0.3 is 20.1 Å². The molecule has 1 heterocycles. The molecule has 3 N–H and O–H groups in total. The van der Waals surface area contributed by atoms with Crippen molar-refractivity contribution in [1.82, 2.24) is 0 Å². The summed E-state index contributed by atoms with van der Waals surface area (Å²) in [6, 6.07) is 0. The minimum absolute atomic E-state index is 1.04. The van der Waals surface area contributed by atoms with Gasteiger partial charge in [-0.05, 0) is 22.6 Å². The Hall–Kier alpha value is 0.500. The van der Waals surface area contributed by atoms with Crippen molar-refractivity contribution in [2.75, 3.05) is 0 Å². The molecular formula is C5H7FIO4. The lowest BCUT2D eigenvalue weighted by Crippen LogP contribution is -2.35. The average Bonchev–Trinajstić information content (AvgIpc) is 2.17. The number of aliphatic hydroxyl groups is 3. The third-order valence-electron chi connectivity index (χ3n) is 1.41. The number of hydrogen-bond acceptors (Lipinski definition) is 4. The van der Waals surface area contributed by atoms with Gasteiger partial charge in [0.15, 0.2) is 0 Å². The molecule has 1 aliphatic heterocycles. The van der Waals surface area contributed by atoms with Crippen molar-refractivity contribution in [2.24, 2.45) is 0 Å². The molecule has 0 aromatic carbocycles. The highest BCUT2D eigenvalue weighted by Crippen LogP contribution is 2.31. The lowest BCUT2D eigenvalue weighted by Gasteiger charge is -2.14. The fourth-order valence-corrected chi connectivity index (χ4v) is 1.37. The van der Waals surface area contributed by atoms with Crippen LogP contribution < -0.4 is 0 Å². The highest BCUT2D eigenvalue weighted by atomic mass is 127. The summed E-state index contributed by atoms with van der Waals surface area (Å²) in [5, 5.41) is 26.7. The van der Waals surface area contributed by atoms with Crippen LogP contribution in [0.15, 0.2) is 0 Å². The van der Waals surface area contributed by atoms with Crippen molar-refractivity contribution >= 4 is 22.6 Å². The number of aliphatic hydroxyl groups excluding tert-OH is 3. The maximum atomic E-state index is 12.3. The van der Waals surface area contributed by atoms with Crippen molar-refractivity contribution in [1.29, 1.82) is 0 Å². The normalized spacial score (nSPS) is 42.8. The van der Waals surface area contributed by atoms with Crippen molar-refractivity contribution in [2.45, 2.75) is 22.4 Å². The third-order valence-corrected chi connectivity index (χ3v) is 2.12. The minimum Gasteiger partial charge on any atom is -0.387 e. The van der Waals surface area contributed by atoms with Gasteiger partial charge in [-0.2, -0.15) is 0 Å². The zero-order valence-corrected chi connectivity index (χ0v) is 7.47. The molecule has 1 unspecified atom stereocenters. The van der Waals surface area contributed by atoms with Crippen LogP contribution in [0.25, 0.3) is 0 Å². The van der Waals surface area contributed by atoms with Gasteiger partial charge in [0, 0.05) is 0 Å². The van der Waals surface area contributed by atoms with Crippen molar-refractivity contribution in [3.63, 3.8) is 0 Å². The van der Waals surface area contributed by atoms with E-state index in [0.29, 0.717) is 0 Å². The first kappa shape index (κ1) is 9.59. The van der Waals surface area contributed by atoms with E-state index in [-0.39, 0.29) is 0 Å². The molecule has 0 bridgehead atoms. The van der Waals surface area contributed by atoms with Crippen molar-refractivity contribution < 1.29 is 24.4 Å². The Morgan fingerprint density at radius 3 is 2.27 bits per heavy atom. The summed E-state index contributed by atoms with van der Waals surface area (Å²) in [4.78, 5) is 0. The quantitative estimate of drug-likeness (QED) is 0.439. The van der Waals surface area contributed by atoms with E-state index in [2.05, 4.69) is 4.74 Å². The topological polar surface area (TPSA) is 69.9 Å². The van der Waals surface area contributed by atoms with Crippen LogP contribution in [0.2, 0.25) is 0 Å². The maximum Gasteiger partial charge on any atom is 0.300 e. The highest BCUT2D eigenvalue weighted by molar-refractivity contribution is 14.1. The van der Waals surface area contributed by atoms with Gasteiger partial charge in [-0.1, -0.05) is 0 Å². The predicted octanol–water partition coefficient (Wildman–Crippen LogP) is -0.681. The second kappa shape index (κ2) is 3.48. The largest absolute Gasteiger partial charge is 0.387 e. The van der Waals surface area contributed by atoms with Crippen LogP contribution in [0.5, 0.6) is 0 Å². The summed E-state index contributed by atoms with van der Waals surface area (Å²) < 4.78 is 15.7. The van der Waals surface area contributed by atoms with Gasteiger partial charge in [-0.3, -0.25) is 0 Å². The average molecular weight is 277 g/mol. The van der Waals surface area contributed by atoms with E-state index < -0.39 is 28.8 Å². The second-order valence-corrected chi connectivity index (χ2v) is 3.47. The molecule has 0 aromatic heterocycles. The number of ether oxygens (including phenoxy) is 1. The molecule has 0 aliphatic carbocycles. The number of hydrogen-bond donors (Lipinski definition) is 3. The van der Waals surface area contributed by atoms with E-state index in [1.807, 2.05) is 0 Å². The van der Waals surface area contributed by atoms with Gasteiger partial charge in [0.2, 0.25) is 0 Å². The Bertz CT molecular complexity index is 144. The number of halogens is 2. The Labute approximate surface area is 76.1 Å². The van der Waals surface area contributed by atoms with Gasteiger partial charge in [-0.25, -0.2) is 4.39 Å². The Morgan fingerprint density at radius 1 is 1.55 bits per heavy atom. The van der Waals surface area contributed by atoms with Gasteiger partial charge in [0.1, 0.15) is 22.4 Å². The molecule has 0 saturated carbocycles. The van der Waals surface area contributed by atoms with Crippen LogP contribution >= 0.6 is 22.6 Å². The first-order valence-electron chi connectivity index (χ1n) is 2.91. The molecule has 1 saturated heterocycles. The SMILES string of the molecule is OC(I)[C@H]1O[C](F)[C@H](O)[C@@H]1O. The lowest BCUT2D eigenvalue weighted by molar-refractivity contribution is -0.0228. The van der Waals surface area contributed by atoms with E-state index >= 15 is 0 Å². The molecular weight excluding hydrogens is 270 g/mol. The fourth-order valence-electron chi connectivity index (χ4n) is 0.802. The molecule has 65 valence electrons. The predicted molar refractivity (Wildman–Crippen MR) is 41.3 cm³/mol. The fraction of sp³-hybridized carbons (Fsp3) is 0.800. The van der Waals surface area contributed by atoms with E-state index in [0.717, 1.165) is 0 Å². The van der Waals surface area contributed by atoms with E-state index in [1.165, 1.54) is 0 Å². The first-order valence-corrected chi connectivity index (χ1v) is 4.16. The van der Waals surface area contributed by atoms with Crippen molar-refractivity contribution in [3.05, 3.63) is 6.36 Å². The molecule has 11 heavy (non-hydrogen) atoms. The molecule has 1 rings (SSSR count). The smallest absolute Gasteiger partial charge is 0.300 e. The van der Waals surface area contributed by atoms with Crippen molar-refractivity contribution in [3.8, 4) is 0 Å². The highest BCUT2D eigenvalue weighted by Gasteiger charge is 2.47. The zero-order chi connectivity index (χ0) is 8.59. The number of rotatable bonds is 1. The Morgan fingerprint density at radius 2 is 2.09 bits per heavy atom. The van der Waals surface area contributed by atoms with Crippen LogP contribution in [0, 0.1) is 6.36 Å². The van der Waals surface area contributed by atoms with E-state index in [1.54, 1.807) is 22.6 Å². The molecule has 0 amide bonds. The van der Waals surface area contributed by atoms with Gasteiger partial charge in [0.05, 0.1) is 0 Å². The summed E-state index contributed by atoms with van der Waals surface area (Å²) >= 11 is 1.56. The minimum atomic E-state index is -1.63. The molecule has 0 spiro atoms. The van der Waals surface area contributed by atoms with Crippen LogP contribution in [-0.2, 0) is 4.74 Å². The van der Waals surface area contributed by atoms with Crippen LogP contribution in [0.3, 0.4) is 0 Å². The zero-order valence-electron chi connectivity index (χ0n) is 5.32. The Kier molecular flexibility index (Phi) is 3.03. The number of alkyl halides is 1. The summed E-state index contributed by atoms with van der Waals surface area (Å²) in [6.07, 6.45) is -5.24. The van der Waals surface area contributed by atoms with E-state index in [9.17, 15) is 4.39 Å². The van der Waals surface area contributed by atoms with Gasteiger partial charge >= 0.3 is 6.36 Å². The van der Waals surface area contributed by atoms with E-state index in [4.69, 9.17) is 15.3 Å². The summed E-state index contributed by atoms with van der Waals surface area (Å²) in [5.74, 6) is 0. The Balaban J connectivity index is 2.59. The van der Waals surface area contributed by atoms with Gasteiger partial charge in [0.25, 0.3) is 0 Å². The molecule has 1 aliphatic rings. The van der Waals surface area contributed by atoms with Crippen LogP contribution in [0.1, 0.15) is 0 Å². The molecule has 4 atom stereocenters.